The molecule has 0 aliphatic heterocycles. The molecule has 0 fully saturated rings. The molecule has 0 spiro atoms. The molecule has 7 nitrogen and oxygen atoms in total. The minimum atomic E-state index is 0.0190. The lowest BCUT2D eigenvalue weighted by molar-refractivity contribution is 0.438. The number of aromatic nitrogens is 5. The highest BCUT2D eigenvalue weighted by atomic mass is 35.5. The highest BCUT2D eigenvalue weighted by Crippen LogP contribution is 2.28. The summed E-state index contributed by atoms with van der Waals surface area (Å²) in [7, 11) is 0. The van der Waals surface area contributed by atoms with Crippen LogP contribution < -0.4 is 10.5 Å². The van der Waals surface area contributed by atoms with Crippen molar-refractivity contribution >= 4 is 29.2 Å². The van der Waals surface area contributed by atoms with Crippen molar-refractivity contribution < 1.29 is 4.74 Å². The number of nitrogen functional groups attached to an aromatic ring is 1. The molecule has 0 saturated carbocycles. The normalized spacial score (nSPS) is 10.6. The van der Waals surface area contributed by atoms with E-state index in [1.807, 2.05) is 0 Å². The van der Waals surface area contributed by atoms with Crippen molar-refractivity contribution in [2.45, 2.75) is 0 Å². The molecule has 0 bridgehead atoms. The van der Waals surface area contributed by atoms with E-state index in [1.54, 1.807) is 36.7 Å². The zero-order valence-electron chi connectivity index (χ0n) is 10.4. The largest absolute Gasteiger partial charge is 0.424 e. The molecule has 0 aliphatic carbocycles. The van der Waals surface area contributed by atoms with Crippen LogP contribution in [0, 0.1) is 0 Å². The summed E-state index contributed by atoms with van der Waals surface area (Å²) in [4.78, 5) is 12.0. The van der Waals surface area contributed by atoms with Gasteiger partial charge in [-0.15, -0.1) is 0 Å². The first kappa shape index (κ1) is 13.6. The Morgan fingerprint density at radius 3 is 2.67 bits per heavy atom. The van der Waals surface area contributed by atoms with Crippen LogP contribution >= 0.6 is 23.2 Å². The third-order valence-electron chi connectivity index (χ3n) is 2.43. The first-order valence-electron chi connectivity index (χ1n) is 5.76. The van der Waals surface area contributed by atoms with Gasteiger partial charge in [-0.25, -0.2) is 4.68 Å². The van der Waals surface area contributed by atoms with Crippen molar-refractivity contribution in [3.8, 4) is 17.7 Å². The SMILES string of the molecule is Nc1nc(Oc2ccc(Cl)c(Cl)c2)nc(-n2cccn2)n1. The molecule has 2 N–H and O–H groups in total. The number of rotatable bonds is 3. The number of anilines is 1. The van der Waals surface area contributed by atoms with E-state index < -0.39 is 0 Å². The Kier molecular flexibility index (Phi) is 3.59. The van der Waals surface area contributed by atoms with Crippen molar-refractivity contribution in [1.82, 2.24) is 24.7 Å². The van der Waals surface area contributed by atoms with Crippen molar-refractivity contribution in [2.24, 2.45) is 0 Å². The molecule has 3 rings (SSSR count). The van der Waals surface area contributed by atoms with Crippen molar-refractivity contribution in [1.29, 1.82) is 0 Å². The van der Waals surface area contributed by atoms with Crippen LogP contribution in [0.25, 0.3) is 5.95 Å². The maximum atomic E-state index is 5.92. The Bertz CT molecular complexity index is 777. The molecule has 0 aliphatic rings. The van der Waals surface area contributed by atoms with Gasteiger partial charge in [0.1, 0.15) is 5.75 Å². The van der Waals surface area contributed by atoms with Crippen LogP contribution in [-0.4, -0.2) is 24.7 Å². The van der Waals surface area contributed by atoms with Crippen LogP contribution in [0.1, 0.15) is 0 Å². The van der Waals surface area contributed by atoms with Crippen LogP contribution in [0.4, 0.5) is 5.95 Å². The summed E-state index contributed by atoms with van der Waals surface area (Å²) in [5.74, 6) is 0.703. The molecule has 21 heavy (non-hydrogen) atoms. The summed E-state index contributed by atoms with van der Waals surface area (Å²) in [5.41, 5.74) is 5.64. The molecule has 3 aromatic rings. The van der Waals surface area contributed by atoms with Crippen molar-refractivity contribution in [3.05, 3.63) is 46.7 Å². The van der Waals surface area contributed by atoms with Crippen molar-refractivity contribution in [2.75, 3.05) is 5.73 Å². The lowest BCUT2D eigenvalue weighted by Crippen LogP contribution is -2.07. The molecule has 0 amide bonds. The average Bonchev–Trinajstić information content (AvgIpc) is 2.96. The first-order valence-corrected chi connectivity index (χ1v) is 6.52. The third-order valence-corrected chi connectivity index (χ3v) is 3.17. The smallest absolute Gasteiger partial charge is 0.328 e. The van der Waals surface area contributed by atoms with Gasteiger partial charge in [-0.1, -0.05) is 23.2 Å². The van der Waals surface area contributed by atoms with Gasteiger partial charge in [-0.2, -0.15) is 20.1 Å². The fraction of sp³-hybridized carbons (Fsp3) is 0. The number of hydrogen-bond donors (Lipinski definition) is 1. The van der Waals surface area contributed by atoms with Crippen LogP contribution in [0.2, 0.25) is 10.0 Å². The number of hydrogen-bond acceptors (Lipinski definition) is 6. The molecule has 0 unspecified atom stereocenters. The zero-order chi connectivity index (χ0) is 14.8. The Balaban J connectivity index is 1.93. The predicted octanol–water partition coefficient (Wildman–Crippen LogP) is 2.74. The van der Waals surface area contributed by atoms with E-state index in [4.69, 9.17) is 33.7 Å². The predicted molar refractivity (Wildman–Crippen MR) is 77.9 cm³/mol. The number of halogens is 2. The first-order chi connectivity index (χ1) is 10.1. The molecular weight excluding hydrogens is 315 g/mol. The summed E-state index contributed by atoms with van der Waals surface area (Å²) < 4.78 is 6.95. The lowest BCUT2D eigenvalue weighted by Gasteiger charge is -2.07. The van der Waals surface area contributed by atoms with E-state index >= 15 is 0 Å². The average molecular weight is 323 g/mol. The second kappa shape index (κ2) is 5.55. The number of nitrogens with two attached hydrogens (primary N) is 1. The Hall–Kier alpha value is -2.38. The molecule has 1 aromatic carbocycles. The molecule has 106 valence electrons. The molecule has 9 heteroatoms. The van der Waals surface area contributed by atoms with Gasteiger partial charge in [0.05, 0.1) is 10.0 Å². The van der Waals surface area contributed by atoms with Crippen LogP contribution in [-0.2, 0) is 0 Å². The van der Waals surface area contributed by atoms with E-state index in [9.17, 15) is 0 Å². The fourth-order valence-electron chi connectivity index (χ4n) is 1.54. The number of nitrogens with zero attached hydrogens (tertiary/aromatic N) is 5. The maximum absolute atomic E-state index is 5.92. The molecule has 2 heterocycles. The van der Waals surface area contributed by atoms with Crippen LogP contribution in [0.3, 0.4) is 0 Å². The summed E-state index contributed by atoms with van der Waals surface area (Å²) in [6, 6.07) is 6.57. The van der Waals surface area contributed by atoms with Gasteiger partial charge in [-0.05, 0) is 18.2 Å². The molecular formula is C12H8Cl2N6O. The monoisotopic (exact) mass is 322 g/mol. The van der Waals surface area contributed by atoms with E-state index in [2.05, 4.69) is 20.1 Å². The lowest BCUT2D eigenvalue weighted by atomic mass is 10.3. The Morgan fingerprint density at radius 2 is 1.95 bits per heavy atom. The van der Waals surface area contributed by atoms with Gasteiger partial charge in [0.15, 0.2) is 0 Å². The Labute approximate surface area is 129 Å². The summed E-state index contributed by atoms with van der Waals surface area (Å²) in [6.07, 6.45) is 3.27. The summed E-state index contributed by atoms with van der Waals surface area (Å²) in [6.45, 7) is 0. The zero-order valence-corrected chi connectivity index (χ0v) is 12.0. The molecule has 0 atom stereocenters. The summed E-state index contributed by atoms with van der Waals surface area (Å²) >= 11 is 11.8. The van der Waals surface area contributed by atoms with Gasteiger partial charge in [0.25, 0.3) is 5.95 Å². The van der Waals surface area contributed by atoms with Gasteiger partial charge in [-0.3, -0.25) is 0 Å². The summed E-state index contributed by atoms with van der Waals surface area (Å²) in [5, 5.41) is 4.81. The van der Waals surface area contributed by atoms with Gasteiger partial charge in [0, 0.05) is 18.5 Å². The minimum absolute atomic E-state index is 0.0190. The second-order valence-electron chi connectivity index (χ2n) is 3.90. The van der Waals surface area contributed by atoms with Crippen LogP contribution in [0.15, 0.2) is 36.7 Å². The number of benzene rings is 1. The standard InChI is InChI=1S/C12H8Cl2N6O/c13-8-3-2-7(6-9(8)14)21-12-18-10(15)17-11(19-12)20-5-1-4-16-20/h1-6H,(H2,15,17,18,19). The van der Waals surface area contributed by atoms with Gasteiger partial charge >= 0.3 is 6.01 Å². The molecule has 0 radical (unpaired) electrons. The second-order valence-corrected chi connectivity index (χ2v) is 4.72. The highest BCUT2D eigenvalue weighted by molar-refractivity contribution is 6.42. The molecule has 0 saturated heterocycles. The van der Waals surface area contributed by atoms with E-state index in [1.165, 1.54) is 4.68 Å². The van der Waals surface area contributed by atoms with Crippen LogP contribution in [0.5, 0.6) is 11.8 Å². The quantitative estimate of drug-likeness (QED) is 0.797. The fourth-order valence-corrected chi connectivity index (χ4v) is 1.83. The maximum Gasteiger partial charge on any atom is 0.328 e. The minimum Gasteiger partial charge on any atom is -0.424 e. The third kappa shape index (κ3) is 3.04. The van der Waals surface area contributed by atoms with E-state index in [0.29, 0.717) is 15.8 Å². The van der Waals surface area contributed by atoms with Crippen molar-refractivity contribution in [3.63, 3.8) is 0 Å². The molecule has 2 aromatic heterocycles. The van der Waals surface area contributed by atoms with Gasteiger partial charge in [0.2, 0.25) is 5.95 Å². The number of ether oxygens (including phenoxy) is 1. The Morgan fingerprint density at radius 1 is 1.10 bits per heavy atom. The topological polar surface area (TPSA) is 91.7 Å². The highest BCUT2D eigenvalue weighted by Gasteiger charge is 2.09. The van der Waals surface area contributed by atoms with Gasteiger partial charge < -0.3 is 10.5 Å². The van der Waals surface area contributed by atoms with E-state index in [-0.39, 0.29) is 17.9 Å². The van der Waals surface area contributed by atoms with E-state index in [0.717, 1.165) is 0 Å².